The Morgan fingerprint density at radius 3 is 2.62 bits per heavy atom. The maximum absolute atomic E-state index is 9.86. The van der Waals surface area contributed by atoms with Crippen molar-refractivity contribution < 1.29 is 5.11 Å². The van der Waals surface area contributed by atoms with E-state index in [2.05, 4.69) is 32.7 Å². The average Bonchev–Trinajstić information content (AvgIpc) is 2.18. The topological polar surface area (TPSA) is 36.4 Å². The highest BCUT2D eigenvalue weighted by Crippen LogP contribution is 2.27. The van der Waals surface area contributed by atoms with Crippen LogP contribution in [0.1, 0.15) is 26.3 Å². The van der Waals surface area contributed by atoms with Gasteiger partial charge in [0.05, 0.1) is 10.1 Å². The number of hydrogen-bond donors (Lipinski definition) is 1. The van der Waals surface area contributed by atoms with Crippen LogP contribution in [-0.4, -0.2) is 28.8 Å². The van der Waals surface area contributed by atoms with Crippen LogP contribution in [-0.2, 0) is 0 Å². The van der Waals surface area contributed by atoms with Crippen molar-refractivity contribution in [2.45, 2.75) is 33.3 Å². The van der Waals surface area contributed by atoms with Crippen molar-refractivity contribution in [2.24, 2.45) is 0 Å². The molecule has 0 saturated carbocycles. The quantitative estimate of drug-likeness (QED) is 0.925. The van der Waals surface area contributed by atoms with Crippen LogP contribution >= 0.6 is 15.9 Å². The molecule has 1 rings (SSSR count). The highest BCUT2D eigenvalue weighted by Gasteiger charge is 2.20. The van der Waals surface area contributed by atoms with Gasteiger partial charge in [0.25, 0.3) is 0 Å². The van der Waals surface area contributed by atoms with Gasteiger partial charge in [-0.1, -0.05) is 0 Å². The molecule has 16 heavy (non-hydrogen) atoms. The van der Waals surface area contributed by atoms with Gasteiger partial charge in [-0.3, -0.25) is 0 Å². The minimum Gasteiger partial charge on any atom is -0.389 e. The van der Waals surface area contributed by atoms with E-state index >= 15 is 0 Å². The van der Waals surface area contributed by atoms with Crippen LogP contribution in [0.25, 0.3) is 0 Å². The molecule has 0 atom stereocenters. The second-order valence-corrected chi connectivity index (χ2v) is 5.39. The second kappa shape index (κ2) is 5.15. The maximum Gasteiger partial charge on any atom is 0.143 e. The number of aryl methyl sites for hydroxylation is 1. The zero-order valence-corrected chi connectivity index (χ0v) is 11.9. The Morgan fingerprint density at radius 1 is 1.50 bits per heavy atom. The number of pyridine rings is 1. The summed E-state index contributed by atoms with van der Waals surface area (Å²) in [5, 5.41) is 9.86. The standard InChI is InChI=1S/C12H19BrN2O/c1-5-15(8-12(3,4)16)11-10(13)9(2)6-7-14-11/h6-7,16H,5,8H2,1-4H3. The first-order chi connectivity index (χ1) is 7.35. The molecule has 0 aromatic carbocycles. The molecule has 1 N–H and O–H groups in total. The summed E-state index contributed by atoms with van der Waals surface area (Å²) in [5.41, 5.74) is 0.431. The fourth-order valence-electron chi connectivity index (χ4n) is 1.55. The normalized spacial score (nSPS) is 11.6. The van der Waals surface area contributed by atoms with E-state index in [4.69, 9.17) is 0 Å². The molecule has 90 valence electrons. The van der Waals surface area contributed by atoms with E-state index in [1.54, 1.807) is 20.0 Å². The van der Waals surface area contributed by atoms with Crippen LogP contribution in [0, 0.1) is 6.92 Å². The van der Waals surface area contributed by atoms with Gasteiger partial charge in [0, 0.05) is 19.3 Å². The van der Waals surface area contributed by atoms with Gasteiger partial charge >= 0.3 is 0 Å². The van der Waals surface area contributed by atoms with Crippen LogP contribution in [0.15, 0.2) is 16.7 Å². The fourth-order valence-corrected chi connectivity index (χ4v) is 2.04. The first-order valence-corrected chi connectivity index (χ1v) is 6.23. The minimum atomic E-state index is -0.721. The highest BCUT2D eigenvalue weighted by atomic mass is 79.9. The molecule has 0 aliphatic carbocycles. The molecular formula is C12H19BrN2O. The number of rotatable bonds is 4. The van der Waals surface area contributed by atoms with Gasteiger partial charge < -0.3 is 10.0 Å². The molecule has 0 spiro atoms. The monoisotopic (exact) mass is 286 g/mol. The lowest BCUT2D eigenvalue weighted by Crippen LogP contribution is -2.39. The summed E-state index contributed by atoms with van der Waals surface area (Å²) in [5.74, 6) is 0.893. The molecule has 0 radical (unpaired) electrons. The van der Waals surface area contributed by atoms with E-state index in [9.17, 15) is 5.11 Å². The average molecular weight is 287 g/mol. The summed E-state index contributed by atoms with van der Waals surface area (Å²) in [6.07, 6.45) is 1.79. The van der Waals surface area contributed by atoms with Gasteiger partial charge in [0.15, 0.2) is 0 Å². The zero-order chi connectivity index (χ0) is 12.3. The Balaban J connectivity index is 3.00. The van der Waals surface area contributed by atoms with Crippen LogP contribution in [0.2, 0.25) is 0 Å². The molecule has 0 saturated heterocycles. The molecule has 0 unspecified atom stereocenters. The Kier molecular flexibility index (Phi) is 4.33. The molecule has 3 nitrogen and oxygen atoms in total. The van der Waals surface area contributed by atoms with Gasteiger partial charge in [-0.25, -0.2) is 4.98 Å². The van der Waals surface area contributed by atoms with Crippen molar-refractivity contribution >= 4 is 21.7 Å². The number of hydrogen-bond acceptors (Lipinski definition) is 3. The highest BCUT2D eigenvalue weighted by molar-refractivity contribution is 9.10. The van der Waals surface area contributed by atoms with Crippen molar-refractivity contribution in [3.63, 3.8) is 0 Å². The molecule has 1 aromatic heterocycles. The lowest BCUT2D eigenvalue weighted by molar-refractivity contribution is 0.0874. The number of likely N-dealkylation sites (N-methyl/N-ethyl adjacent to an activating group) is 1. The van der Waals surface area contributed by atoms with E-state index in [0.717, 1.165) is 22.4 Å². The predicted molar refractivity (Wildman–Crippen MR) is 70.9 cm³/mol. The van der Waals surface area contributed by atoms with Crippen LogP contribution in [0.5, 0.6) is 0 Å². The number of aliphatic hydroxyl groups is 1. The summed E-state index contributed by atoms with van der Waals surface area (Å²) in [7, 11) is 0. The third kappa shape index (κ3) is 3.46. The van der Waals surface area contributed by atoms with E-state index in [1.165, 1.54) is 0 Å². The van der Waals surface area contributed by atoms with E-state index in [1.807, 2.05) is 13.0 Å². The molecule has 1 aromatic rings. The van der Waals surface area contributed by atoms with Crippen molar-refractivity contribution in [1.29, 1.82) is 0 Å². The lowest BCUT2D eigenvalue weighted by Gasteiger charge is -2.29. The van der Waals surface area contributed by atoms with Gasteiger partial charge in [-0.2, -0.15) is 0 Å². The predicted octanol–water partition coefficient (Wildman–Crippen LogP) is 2.75. The molecule has 0 aliphatic heterocycles. The van der Waals surface area contributed by atoms with Gasteiger partial charge in [-0.05, 0) is 55.3 Å². The molecular weight excluding hydrogens is 268 g/mol. The maximum atomic E-state index is 9.86. The molecule has 1 heterocycles. The molecule has 0 bridgehead atoms. The summed E-state index contributed by atoms with van der Waals surface area (Å²) in [6.45, 7) is 9.09. The van der Waals surface area contributed by atoms with Crippen molar-refractivity contribution in [3.05, 3.63) is 22.3 Å². The third-order valence-electron chi connectivity index (χ3n) is 2.32. The first-order valence-electron chi connectivity index (χ1n) is 5.43. The van der Waals surface area contributed by atoms with E-state index in [0.29, 0.717) is 6.54 Å². The Hall–Kier alpha value is -0.610. The fraction of sp³-hybridized carbons (Fsp3) is 0.583. The SMILES string of the molecule is CCN(CC(C)(C)O)c1nccc(C)c1Br. The number of aromatic nitrogens is 1. The summed E-state index contributed by atoms with van der Waals surface area (Å²) in [6, 6.07) is 1.96. The van der Waals surface area contributed by atoms with Gasteiger partial charge in [-0.15, -0.1) is 0 Å². The Morgan fingerprint density at radius 2 is 2.12 bits per heavy atom. The van der Waals surface area contributed by atoms with Crippen molar-refractivity contribution in [1.82, 2.24) is 4.98 Å². The largest absolute Gasteiger partial charge is 0.389 e. The molecule has 0 fully saturated rings. The second-order valence-electron chi connectivity index (χ2n) is 4.59. The molecule has 0 aliphatic rings. The van der Waals surface area contributed by atoms with Gasteiger partial charge in [0.1, 0.15) is 5.82 Å². The summed E-state index contributed by atoms with van der Waals surface area (Å²) >= 11 is 3.54. The van der Waals surface area contributed by atoms with Crippen LogP contribution < -0.4 is 4.90 Å². The number of halogens is 1. The van der Waals surface area contributed by atoms with Crippen molar-refractivity contribution in [2.75, 3.05) is 18.0 Å². The van der Waals surface area contributed by atoms with Crippen molar-refractivity contribution in [3.8, 4) is 0 Å². The van der Waals surface area contributed by atoms with E-state index < -0.39 is 5.60 Å². The van der Waals surface area contributed by atoms with Crippen LogP contribution in [0.3, 0.4) is 0 Å². The van der Waals surface area contributed by atoms with E-state index in [-0.39, 0.29) is 0 Å². The Bertz CT molecular complexity index is 361. The van der Waals surface area contributed by atoms with Gasteiger partial charge in [0.2, 0.25) is 0 Å². The third-order valence-corrected chi connectivity index (χ3v) is 3.30. The molecule has 4 heteroatoms. The summed E-state index contributed by atoms with van der Waals surface area (Å²) in [4.78, 5) is 6.43. The zero-order valence-electron chi connectivity index (χ0n) is 10.3. The number of anilines is 1. The summed E-state index contributed by atoms with van der Waals surface area (Å²) < 4.78 is 1.00. The van der Waals surface area contributed by atoms with Crippen LogP contribution in [0.4, 0.5) is 5.82 Å². The smallest absolute Gasteiger partial charge is 0.143 e. The first kappa shape index (κ1) is 13.5. The Labute approximate surface area is 106 Å². The lowest BCUT2D eigenvalue weighted by atomic mass is 10.1. The molecule has 0 amide bonds. The minimum absolute atomic E-state index is 0.568. The number of nitrogens with zero attached hydrogens (tertiary/aromatic N) is 2.